The standard InChI is InChI=1S/C17H14BrCl2NO4/c1-2-24-17(23)12-8-11(4-5-13(12)19)21-16(22)9-25-15-6-3-10(18)7-14(15)20/h3-8H,2,9H2,1H3,(H,21,22). The van der Waals surface area contributed by atoms with E-state index >= 15 is 0 Å². The van der Waals surface area contributed by atoms with E-state index in [9.17, 15) is 9.59 Å². The molecule has 0 spiro atoms. The van der Waals surface area contributed by atoms with Crippen LogP contribution in [0.4, 0.5) is 5.69 Å². The van der Waals surface area contributed by atoms with Gasteiger partial charge in [0.15, 0.2) is 6.61 Å². The summed E-state index contributed by atoms with van der Waals surface area (Å²) < 4.78 is 11.1. The van der Waals surface area contributed by atoms with Gasteiger partial charge in [0.2, 0.25) is 0 Å². The van der Waals surface area contributed by atoms with Crippen molar-refractivity contribution in [3.63, 3.8) is 0 Å². The normalized spacial score (nSPS) is 10.2. The van der Waals surface area contributed by atoms with E-state index in [0.717, 1.165) is 4.47 Å². The lowest BCUT2D eigenvalue weighted by atomic mass is 10.2. The van der Waals surface area contributed by atoms with Gasteiger partial charge in [-0.25, -0.2) is 4.79 Å². The number of carbonyl (C=O) groups is 2. The number of halogens is 3. The minimum atomic E-state index is -0.554. The Morgan fingerprint density at radius 1 is 1.12 bits per heavy atom. The average molecular weight is 447 g/mol. The van der Waals surface area contributed by atoms with Crippen LogP contribution in [0.3, 0.4) is 0 Å². The number of hydrogen-bond donors (Lipinski definition) is 1. The molecule has 0 aliphatic rings. The molecule has 5 nitrogen and oxygen atoms in total. The van der Waals surface area contributed by atoms with Crippen molar-refractivity contribution in [2.45, 2.75) is 6.92 Å². The van der Waals surface area contributed by atoms with Crippen LogP contribution in [-0.4, -0.2) is 25.1 Å². The molecule has 0 saturated carbocycles. The number of anilines is 1. The zero-order chi connectivity index (χ0) is 18.4. The lowest BCUT2D eigenvalue weighted by Crippen LogP contribution is -2.20. The van der Waals surface area contributed by atoms with Crippen LogP contribution in [0.5, 0.6) is 5.75 Å². The van der Waals surface area contributed by atoms with Crippen LogP contribution < -0.4 is 10.1 Å². The molecule has 1 amide bonds. The molecule has 132 valence electrons. The first-order valence-corrected chi connectivity index (χ1v) is 8.80. The molecule has 0 atom stereocenters. The predicted octanol–water partition coefficient (Wildman–Crippen LogP) is 4.95. The summed E-state index contributed by atoms with van der Waals surface area (Å²) in [5.41, 5.74) is 0.584. The van der Waals surface area contributed by atoms with Crippen LogP contribution in [0, 0.1) is 0 Å². The van der Waals surface area contributed by atoms with Crippen molar-refractivity contribution < 1.29 is 19.1 Å². The summed E-state index contributed by atoms with van der Waals surface area (Å²) in [5, 5.41) is 3.26. The van der Waals surface area contributed by atoms with E-state index in [1.54, 1.807) is 31.2 Å². The van der Waals surface area contributed by atoms with Crippen molar-refractivity contribution in [2.75, 3.05) is 18.5 Å². The zero-order valence-electron chi connectivity index (χ0n) is 13.1. The van der Waals surface area contributed by atoms with Crippen molar-refractivity contribution in [2.24, 2.45) is 0 Å². The maximum Gasteiger partial charge on any atom is 0.339 e. The molecule has 2 rings (SSSR count). The first-order chi connectivity index (χ1) is 11.9. The van der Waals surface area contributed by atoms with E-state index in [0.29, 0.717) is 16.5 Å². The van der Waals surface area contributed by atoms with E-state index in [-0.39, 0.29) is 23.8 Å². The lowest BCUT2D eigenvalue weighted by molar-refractivity contribution is -0.118. The van der Waals surface area contributed by atoms with Crippen molar-refractivity contribution >= 4 is 56.7 Å². The highest BCUT2D eigenvalue weighted by molar-refractivity contribution is 9.10. The van der Waals surface area contributed by atoms with E-state index < -0.39 is 11.9 Å². The molecular weight excluding hydrogens is 433 g/mol. The fourth-order valence-corrected chi connectivity index (χ4v) is 2.82. The highest BCUT2D eigenvalue weighted by atomic mass is 79.9. The van der Waals surface area contributed by atoms with Crippen LogP contribution in [0.15, 0.2) is 40.9 Å². The fourth-order valence-electron chi connectivity index (χ4n) is 1.90. The van der Waals surface area contributed by atoms with Gasteiger partial charge >= 0.3 is 5.97 Å². The number of rotatable bonds is 6. The molecule has 0 unspecified atom stereocenters. The van der Waals surface area contributed by atoms with Gasteiger partial charge in [0.1, 0.15) is 5.75 Å². The molecule has 0 aliphatic carbocycles. The molecule has 2 aromatic rings. The Labute approximate surface area is 163 Å². The topological polar surface area (TPSA) is 64.6 Å². The van der Waals surface area contributed by atoms with Crippen LogP contribution in [0.2, 0.25) is 10.0 Å². The quantitative estimate of drug-likeness (QED) is 0.637. The van der Waals surface area contributed by atoms with Gasteiger partial charge in [0.05, 0.1) is 22.2 Å². The minimum absolute atomic E-state index is 0.179. The summed E-state index contributed by atoms with van der Waals surface area (Å²) in [6.07, 6.45) is 0. The van der Waals surface area contributed by atoms with Gasteiger partial charge in [-0.3, -0.25) is 4.79 Å². The predicted molar refractivity (Wildman–Crippen MR) is 101 cm³/mol. The number of carbonyl (C=O) groups excluding carboxylic acids is 2. The van der Waals surface area contributed by atoms with Gasteiger partial charge < -0.3 is 14.8 Å². The van der Waals surface area contributed by atoms with E-state index in [2.05, 4.69) is 21.2 Å². The Morgan fingerprint density at radius 2 is 1.88 bits per heavy atom. The van der Waals surface area contributed by atoms with Crippen LogP contribution in [-0.2, 0) is 9.53 Å². The third-order valence-electron chi connectivity index (χ3n) is 3.00. The first-order valence-electron chi connectivity index (χ1n) is 7.25. The summed E-state index contributed by atoms with van der Waals surface area (Å²) in [5.74, 6) is -0.569. The molecule has 8 heteroatoms. The summed E-state index contributed by atoms with van der Waals surface area (Å²) in [6, 6.07) is 9.61. The Kier molecular flexibility index (Phi) is 7.11. The van der Waals surface area contributed by atoms with Gasteiger partial charge in [0.25, 0.3) is 5.91 Å². The molecule has 0 fully saturated rings. The molecule has 0 aromatic heterocycles. The molecule has 0 radical (unpaired) electrons. The second-order valence-electron chi connectivity index (χ2n) is 4.83. The minimum Gasteiger partial charge on any atom is -0.482 e. The van der Waals surface area contributed by atoms with Crippen LogP contribution >= 0.6 is 39.1 Å². The Hall–Kier alpha value is -1.76. The Balaban J connectivity index is 2.00. The maximum absolute atomic E-state index is 12.0. The van der Waals surface area contributed by atoms with Gasteiger partial charge in [-0.1, -0.05) is 39.1 Å². The number of benzene rings is 2. The third-order valence-corrected chi connectivity index (χ3v) is 4.12. The molecule has 0 heterocycles. The highest BCUT2D eigenvalue weighted by Gasteiger charge is 2.14. The zero-order valence-corrected chi connectivity index (χ0v) is 16.2. The number of hydrogen-bond acceptors (Lipinski definition) is 4. The van der Waals surface area contributed by atoms with Gasteiger partial charge in [0, 0.05) is 10.2 Å². The second-order valence-corrected chi connectivity index (χ2v) is 6.56. The van der Waals surface area contributed by atoms with Crippen LogP contribution in [0.25, 0.3) is 0 Å². The summed E-state index contributed by atoms with van der Waals surface area (Å²) in [7, 11) is 0. The van der Waals surface area contributed by atoms with E-state index in [1.807, 2.05) is 0 Å². The van der Waals surface area contributed by atoms with E-state index in [4.69, 9.17) is 32.7 Å². The fraction of sp³-hybridized carbons (Fsp3) is 0.176. The number of nitrogens with one attached hydrogen (secondary N) is 1. The third kappa shape index (κ3) is 5.63. The molecule has 0 bridgehead atoms. The highest BCUT2D eigenvalue weighted by Crippen LogP contribution is 2.27. The number of amides is 1. The molecule has 25 heavy (non-hydrogen) atoms. The first kappa shape index (κ1) is 19.6. The smallest absolute Gasteiger partial charge is 0.339 e. The lowest BCUT2D eigenvalue weighted by Gasteiger charge is -2.10. The molecular formula is C17H14BrCl2NO4. The van der Waals surface area contributed by atoms with Crippen molar-refractivity contribution in [3.8, 4) is 5.75 Å². The van der Waals surface area contributed by atoms with Gasteiger partial charge in [-0.2, -0.15) is 0 Å². The monoisotopic (exact) mass is 445 g/mol. The second kappa shape index (κ2) is 9.08. The van der Waals surface area contributed by atoms with Crippen LogP contribution in [0.1, 0.15) is 17.3 Å². The Morgan fingerprint density at radius 3 is 2.56 bits per heavy atom. The summed E-state index contributed by atoms with van der Waals surface area (Å²) in [4.78, 5) is 23.8. The largest absolute Gasteiger partial charge is 0.482 e. The van der Waals surface area contributed by atoms with Gasteiger partial charge in [-0.15, -0.1) is 0 Å². The summed E-state index contributed by atoms with van der Waals surface area (Å²) in [6.45, 7) is 1.69. The molecule has 0 aliphatic heterocycles. The molecule has 1 N–H and O–H groups in total. The van der Waals surface area contributed by atoms with Crippen molar-refractivity contribution in [1.29, 1.82) is 0 Å². The Bertz CT molecular complexity index is 798. The summed E-state index contributed by atoms with van der Waals surface area (Å²) >= 11 is 15.3. The van der Waals surface area contributed by atoms with Crippen molar-refractivity contribution in [1.82, 2.24) is 0 Å². The van der Waals surface area contributed by atoms with Crippen molar-refractivity contribution in [3.05, 3.63) is 56.5 Å². The molecule has 0 saturated heterocycles. The number of esters is 1. The average Bonchev–Trinajstić information content (AvgIpc) is 2.56. The van der Waals surface area contributed by atoms with Gasteiger partial charge in [-0.05, 0) is 43.3 Å². The molecule has 2 aromatic carbocycles. The SMILES string of the molecule is CCOC(=O)c1cc(NC(=O)COc2ccc(Br)cc2Cl)ccc1Cl. The maximum atomic E-state index is 12.0. The number of ether oxygens (including phenoxy) is 2. The van der Waals surface area contributed by atoms with E-state index in [1.165, 1.54) is 12.1 Å².